The summed E-state index contributed by atoms with van der Waals surface area (Å²) >= 11 is 6.21. The maximum atomic E-state index is 12.2. The Bertz CT molecular complexity index is 1180. The number of carbonyl (C=O) groups excluding carboxylic acids is 1. The summed E-state index contributed by atoms with van der Waals surface area (Å²) in [6.45, 7) is 3.83. The highest BCUT2D eigenvalue weighted by atomic mass is 35.5. The Labute approximate surface area is 193 Å². The molecule has 0 saturated heterocycles. The second-order valence-corrected chi connectivity index (χ2v) is 7.04. The Balaban J connectivity index is 1.66. The number of methoxy groups -OCH3 is 1. The third-order valence-electron chi connectivity index (χ3n) is 4.35. The lowest BCUT2D eigenvalue weighted by molar-refractivity contribution is -0.384. The molecule has 2 aromatic carbocycles. The summed E-state index contributed by atoms with van der Waals surface area (Å²) < 4.78 is 21.6. The lowest BCUT2D eigenvalue weighted by Crippen LogP contribution is -2.06. The number of esters is 1. The Kier molecular flexibility index (Phi) is 7.62. The molecule has 0 aliphatic rings. The number of hydrogen-bond acceptors (Lipinski definition) is 9. The quantitative estimate of drug-likeness (QED) is 0.182. The molecule has 172 valence electrons. The maximum absolute atomic E-state index is 12.2. The molecule has 0 fully saturated rings. The third kappa shape index (κ3) is 5.86. The summed E-state index contributed by atoms with van der Waals surface area (Å²) in [4.78, 5) is 22.5. The minimum Gasteiger partial charge on any atom is -0.491 e. The van der Waals surface area contributed by atoms with Gasteiger partial charge in [0.15, 0.2) is 17.6 Å². The van der Waals surface area contributed by atoms with Gasteiger partial charge in [-0.05, 0) is 49.8 Å². The number of benzene rings is 2. The van der Waals surface area contributed by atoms with E-state index >= 15 is 0 Å². The van der Waals surface area contributed by atoms with Crippen LogP contribution in [0.1, 0.15) is 31.4 Å². The smallest absolute Gasteiger partial charge is 0.331 e. The standard InChI is InChI=1S/C22H20ClN3O7/c1-4-31-18-12-14(11-17(23)20(18)30-3)5-10-19(27)32-13(2)21-24-25-22(33-21)15-6-8-16(9-7-15)26(28)29/h5-13H,4H2,1-3H3/b10-5+. The summed E-state index contributed by atoms with van der Waals surface area (Å²) in [7, 11) is 1.49. The van der Waals surface area contributed by atoms with Gasteiger partial charge in [-0.15, -0.1) is 10.2 Å². The number of carbonyl (C=O) groups is 1. The van der Waals surface area contributed by atoms with E-state index in [1.807, 2.05) is 6.92 Å². The highest BCUT2D eigenvalue weighted by Crippen LogP contribution is 2.36. The number of non-ortho nitro benzene ring substituents is 1. The Morgan fingerprint density at radius 3 is 2.64 bits per heavy atom. The van der Waals surface area contributed by atoms with Gasteiger partial charge in [-0.1, -0.05) is 11.6 Å². The van der Waals surface area contributed by atoms with E-state index < -0.39 is 17.0 Å². The Morgan fingerprint density at radius 2 is 2.00 bits per heavy atom. The zero-order valence-electron chi connectivity index (χ0n) is 18.0. The van der Waals surface area contributed by atoms with Gasteiger partial charge in [0.1, 0.15) is 0 Å². The van der Waals surface area contributed by atoms with Crippen LogP contribution < -0.4 is 9.47 Å². The van der Waals surface area contributed by atoms with Gasteiger partial charge in [0.05, 0.1) is 23.7 Å². The maximum Gasteiger partial charge on any atom is 0.331 e. The zero-order chi connectivity index (χ0) is 24.0. The van der Waals surface area contributed by atoms with Gasteiger partial charge in [-0.2, -0.15) is 0 Å². The fourth-order valence-corrected chi connectivity index (χ4v) is 3.11. The summed E-state index contributed by atoms with van der Waals surface area (Å²) in [5.74, 6) is 0.457. The highest BCUT2D eigenvalue weighted by Gasteiger charge is 2.19. The van der Waals surface area contributed by atoms with Crippen LogP contribution in [0.2, 0.25) is 5.02 Å². The third-order valence-corrected chi connectivity index (χ3v) is 4.63. The number of aromatic nitrogens is 2. The van der Waals surface area contributed by atoms with E-state index in [-0.39, 0.29) is 17.5 Å². The number of hydrogen-bond donors (Lipinski definition) is 0. The van der Waals surface area contributed by atoms with Gasteiger partial charge < -0.3 is 18.6 Å². The van der Waals surface area contributed by atoms with Crippen molar-refractivity contribution in [2.75, 3.05) is 13.7 Å². The van der Waals surface area contributed by atoms with Crippen molar-refractivity contribution >= 4 is 29.3 Å². The number of rotatable bonds is 9. The first kappa shape index (κ1) is 23.7. The Hall–Kier alpha value is -3.92. The number of nitro groups is 1. The zero-order valence-corrected chi connectivity index (χ0v) is 18.7. The second-order valence-electron chi connectivity index (χ2n) is 6.63. The summed E-state index contributed by atoms with van der Waals surface area (Å²) in [5.41, 5.74) is 1.06. The van der Waals surface area contributed by atoms with Gasteiger partial charge in [0, 0.05) is 23.8 Å². The molecule has 1 atom stereocenters. The van der Waals surface area contributed by atoms with Crippen molar-refractivity contribution in [1.82, 2.24) is 10.2 Å². The molecule has 1 aromatic heterocycles. The molecule has 1 unspecified atom stereocenters. The van der Waals surface area contributed by atoms with Gasteiger partial charge in [-0.3, -0.25) is 10.1 Å². The van der Waals surface area contributed by atoms with Crippen molar-refractivity contribution in [2.45, 2.75) is 20.0 Å². The average Bonchev–Trinajstić information content (AvgIpc) is 3.28. The lowest BCUT2D eigenvalue weighted by atomic mass is 10.2. The van der Waals surface area contributed by atoms with Crippen LogP contribution in [-0.4, -0.2) is 34.8 Å². The average molecular weight is 474 g/mol. The fraction of sp³-hybridized carbons (Fsp3) is 0.227. The van der Waals surface area contributed by atoms with Gasteiger partial charge >= 0.3 is 5.97 Å². The SMILES string of the molecule is CCOc1cc(/C=C/C(=O)OC(C)c2nnc(-c3ccc([N+](=O)[O-])cc3)o2)cc(Cl)c1OC. The molecule has 33 heavy (non-hydrogen) atoms. The first-order chi connectivity index (χ1) is 15.8. The summed E-state index contributed by atoms with van der Waals surface area (Å²) in [5, 5.41) is 18.9. The number of nitrogens with zero attached hydrogens (tertiary/aromatic N) is 3. The molecular weight excluding hydrogens is 454 g/mol. The van der Waals surface area contributed by atoms with Crippen LogP contribution in [0, 0.1) is 10.1 Å². The van der Waals surface area contributed by atoms with E-state index in [2.05, 4.69) is 10.2 Å². The number of halogens is 1. The minimum atomic E-state index is -0.820. The molecule has 3 aromatic rings. The van der Waals surface area contributed by atoms with Crippen LogP contribution in [0.5, 0.6) is 11.5 Å². The monoisotopic (exact) mass is 473 g/mol. The molecule has 11 heteroatoms. The minimum absolute atomic E-state index is 0.0564. The number of nitro benzene ring substituents is 1. The molecule has 1 heterocycles. The van der Waals surface area contributed by atoms with Gasteiger partial charge in [0.25, 0.3) is 11.6 Å². The molecule has 0 radical (unpaired) electrons. The second kappa shape index (κ2) is 10.6. The van der Waals surface area contributed by atoms with Crippen molar-refractivity contribution < 1.29 is 28.3 Å². The van der Waals surface area contributed by atoms with Crippen LogP contribution in [0.3, 0.4) is 0 Å². The molecule has 0 aliphatic carbocycles. The predicted molar refractivity (Wildman–Crippen MR) is 119 cm³/mol. The largest absolute Gasteiger partial charge is 0.491 e. The van der Waals surface area contributed by atoms with E-state index in [1.165, 1.54) is 43.5 Å². The van der Waals surface area contributed by atoms with Crippen LogP contribution in [0.25, 0.3) is 17.5 Å². The van der Waals surface area contributed by atoms with Crippen LogP contribution in [0.15, 0.2) is 46.9 Å². The summed E-state index contributed by atoms with van der Waals surface area (Å²) in [6, 6.07) is 8.96. The van der Waals surface area contributed by atoms with Gasteiger partial charge in [-0.25, -0.2) is 4.79 Å². The van der Waals surface area contributed by atoms with E-state index in [0.29, 0.717) is 34.3 Å². The van der Waals surface area contributed by atoms with Crippen molar-refractivity contribution in [3.63, 3.8) is 0 Å². The Morgan fingerprint density at radius 1 is 1.27 bits per heavy atom. The first-order valence-electron chi connectivity index (χ1n) is 9.79. The predicted octanol–water partition coefficient (Wildman–Crippen LogP) is 5.02. The van der Waals surface area contributed by atoms with Crippen LogP contribution >= 0.6 is 11.6 Å². The van der Waals surface area contributed by atoms with Crippen LogP contribution in [0.4, 0.5) is 5.69 Å². The molecule has 0 saturated carbocycles. The van der Waals surface area contributed by atoms with E-state index in [9.17, 15) is 14.9 Å². The number of ether oxygens (including phenoxy) is 3. The van der Waals surface area contributed by atoms with E-state index in [4.69, 9.17) is 30.2 Å². The first-order valence-corrected chi connectivity index (χ1v) is 10.2. The molecule has 0 N–H and O–H groups in total. The highest BCUT2D eigenvalue weighted by molar-refractivity contribution is 6.32. The van der Waals surface area contributed by atoms with Crippen molar-refractivity contribution in [3.8, 4) is 23.0 Å². The molecule has 10 nitrogen and oxygen atoms in total. The molecule has 0 spiro atoms. The van der Waals surface area contributed by atoms with Crippen molar-refractivity contribution in [3.05, 3.63) is 69.1 Å². The van der Waals surface area contributed by atoms with Gasteiger partial charge in [0.2, 0.25) is 5.89 Å². The van der Waals surface area contributed by atoms with E-state index in [0.717, 1.165) is 0 Å². The summed E-state index contributed by atoms with van der Waals surface area (Å²) in [6.07, 6.45) is 1.94. The van der Waals surface area contributed by atoms with Crippen molar-refractivity contribution in [1.29, 1.82) is 0 Å². The molecule has 0 bridgehead atoms. The fourth-order valence-electron chi connectivity index (χ4n) is 2.81. The van der Waals surface area contributed by atoms with E-state index in [1.54, 1.807) is 19.1 Å². The topological polar surface area (TPSA) is 127 Å². The molecule has 0 amide bonds. The molecule has 3 rings (SSSR count). The molecular formula is C22H20ClN3O7. The normalized spacial score (nSPS) is 11.9. The van der Waals surface area contributed by atoms with Crippen molar-refractivity contribution in [2.24, 2.45) is 0 Å². The lowest BCUT2D eigenvalue weighted by Gasteiger charge is -2.11. The molecule has 0 aliphatic heterocycles. The van der Waals surface area contributed by atoms with Crippen LogP contribution in [-0.2, 0) is 9.53 Å².